The highest BCUT2D eigenvalue weighted by atomic mass is 79.9. The van der Waals surface area contributed by atoms with Gasteiger partial charge in [-0.3, -0.25) is 0 Å². The minimum Gasteiger partial charge on any atom is -0.478 e. The molecule has 0 spiro atoms. The molecular formula is C13H18BrNO2. The molecule has 17 heavy (non-hydrogen) atoms. The van der Waals surface area contributed by atoms with Crippen LogP contribution in [0.5, 0.6) is 0 Å². The van der Waals surface area contributed by atoms with Crippen LogP contribution in [0.1, 0.15) is 37.0 Å². The second-order valence-electron chi connectivity index (χ2n) is 4.05. The number of halogens is 1. The SMILES string of the molecule is CCC(CC)N(C)c1cc(Br)ccc1C(=O)O. The molecule has 0 atom stereocenters. The van der Waals surface area contributed by atoms with Crippen LogP contribution < -0.4 is 4.90 Å². The van der Waals surface area contributed by atoms with Crippen LogP contribution in [0.2, 0.25) is 0 Å². The molecule has 0 saturated carbocycles. The van der Waals surface area contributed by atoms with E-state index in [4.69, 9.17) is 0 Å². The van der Waals surface area contributed by atoms with Crippen LogP contribution in [-0.4, -0.2) is 24.2 Å². The third kappa shape index (κ3) is 3.22. The second-order valence-corrected chi connectivity index (χ2v) is 4.96. The molecule has 1 aromatic rings. The molecule has 0 aromatic heterocycles. The summed E-state index contributed by atoms with van der Waals surface area (Å²) in [6.45, 7) is 4.23. The van der Waals surface area contributed by atoms with Crippen molar-refractivity contribution in [1.82, 2.24) is 0 Å². The van der Waals surface area contributed by atoms with Gasteiger partial charge in [-0.15, -0.1) is 0 Å². The van der Waals surface area contributed by atoms with E-state index in [0.29, 0.717) is 11.6 Å². The minimum atomic E-state index is -0.884. The Morgan fingerprint density at radius 1 is 1.41 bits per heavy atom. The molecule has 0 amide bonds. The fraction of sp³-hybridized carbons (Fsp3) is 0.462. The third-order valence-corrected chi connectivity index (χ3v) is 3.55. The van der Waals surface area contributed by atoms with E-state index < -0.39 is 5.97 Å². The summed E-state index contributed by atoms with van der Waals surface area (Å²) in [5.41, 5.74) is 1.11. The Bertz CT molecular complexity index is 402. The lowest BCUT2D eigenvalue weighted by Gasteiger charge is -2.29. The fourth-order valence-electron chi connectivity index (χ4n) is 2.01. The quantitative estimate of drug-likeness (QED) is 0.900. The van der Waals surface area contributed by atoms with Gasteiger partial charge in [-0.25, -0.2) is 4.79 Å². The molecule has 0 bridgehead atoms. The molecule has 94 valence electrons. The number of carboxylic acids is 1. The van der Waals surface area contributed by atoms with Gasteiger partial charge >= 0.3 is 5.97 Å². The number of carbonyl (C=O) groups is 1. The van der Waals surface area contributed by atoms with E-state index in [2.05, 4.69) is 29.8 Å². The van der Waals surface area contributed by atoms with Gasteiger partial charge in [0.25, 0.3) is 0 Å². The first kappa shape index (κ1) is 14.0. The molecule has 0 aliphatic heterocycles. The number of rotatable bonds is 5. The standard InChI is InChI=1S/C13H18BrNO2/c1-4-10(5-2)15(3)12-8-9(14)6-7-11(12)13(16)17/h6-8,10H,4-5H2,1-3H3,(H,16,17). The third-order valence-electron chi connectivity index (χ3n) is 3.06. The van der Waals surface area contributed by atoms with Crippen LogP contribution in [0.25, 0.3) is 0 Å². The first-order chi connectivity index (χ1) is 8.01. The van der Waals surface area contributed by atoms with E-state index in [1.165, 1.54) is 0 Å². The number of carboxylic acid groups (broad SMARTS) is 1. The number of nitrogens with zero attached hydrogens (tertiary/aromatic N) is 1. The van der Waals surface area contributed by atoms with Crippen molar-refractivity contribution >= 4 is 27.6 Å². The van der Waals surface area contributed by atoms with Crippen molar-refractivity contribution in [3.63, 3.8) is 0 Å². The summed E-state index contributed by atoms with van der Waals surface area (Å²) in [6.07, 6.45) is 2.00. The average Bonchev–Trinajstić information content (AvgIpc) is 2.29. The number of aromatic carboxylic acids is 1. The summed E-state index contributed by atoms with van der Waals surface area (Å²) >= 11 is 3.39. The monoisotopic (exact) mass is 299 g/mol. The molecule has 0 radical (unpaired) electrons. The van der Waals surface area contributed by atoms with Gasteiger partial charge in [-0.1, -0.05) is 29.8 Å². The van der Waals surface area contributed by atoms with E-state index in [-0.39, 0.29) is 0 Å². The van der Waals surface area contributed by atoms with E-state index in [0.717, 1.165) is 23.0 Å². The highest BCUT2D eigenvalue weighted by molar-refractivity contribution is 9.10. The van der Waals surface area contributed by atoms with Crippen molar-refractivity contribution < 1.29 is 9.90 Å². The van der Waals surface area contributed by atoms with Crippen LogP contribution in [0.3, 0.4) is 0 Å². The molecule has 3 nitrogen and oxygen atoms in total. The average molecular weight is 300 g/mol. The minimum absolute atomic E-state index is 0.350. The van der Waals surface area contributed by atoms with Crippen molar-refractivity contribution in [2.75, 3.05) is 11.9 Å². The van der Waals surface area contributed by atoms with Crippen LogP contribution in [-0.2, 0) is 0 Å². The predicted octanol–water partition coefficient (Wildman–Crippen LogP) is 3.77. The zero-order valence-electron chi connectivity index (χ0n) is 10.4. The smallest absolute Gasteiger partial charge is 0.337 e. The number of benzene rings is 1. The lowest BCUT2D eigenvalue weighted by molar-refractivity contribution is 0.0697. The topological polar surface area (TPSA) is 40.5 Å². The van der Waals surface area contributed by atoms with Gasteiger partial charge in [0, 0.05) is 17.6 Å². The summed E-state index contributed by atoms with van der Waals surface area (Å²) in [5, 5.41) is 9.19. The number of anilines is 1. The normalized spacial score (nSPS) is 10.6. The van der Waals surface area contributed by atoms with Gasteiger partial charge in [0.1, 0.15) is 0 Å². The molecule has 1 aromatic carbocycles. The predicted molar refractivity (Wildman–Crippen MR) is 73.9 cm³/mol. The lowest BCUT2D eigenvalue weighted by atomic mass is 10.1. The molecule has 0 aliphatic rings. The summed E-state index contributed by atoms with van der Waals surface area (Å²) in [7, 11) is 1.95. The second kappa shape index (κ2) is 6.05. The van der Waals surface area contributed by atoms with Crippen LogP contribution in [0.15, 0.2) is 22.7 Å². The molecule has 4 heteroatoms. The van der Waals surface area contributed by atoms with E-state index in [9.17, 15) is 9.90 Å². The Balaban J connectivity index is 3.18. The van der Waals surface area contributed by atoms with Gasteiger partial charge < -0.3 is 10.0 Å². The Morgan fingerprint density at radius 3 is 2.47 bits per heavy atom. The molecule has 0 heterocycles. The Hall–Kier alpha value is -1.03. The maximum Gasteiger partial charge on any atom is 0.337 e. The van der Waals surface area contributed by atoms with Crippen molar-refractivity contribution in [3.05, 3.63) is 28.2 Å². The Labute approximate surface area is 111 Å². The molecule has 1 rings (SSSR count). The summed E-state index contributed by atoms with van der Waals surface area (Å²) in [5.74, 6) is -0.884. The van der Waals surface area contributed by atoms with Gasteiger partial charge in [-0.2, -0.15) is 0 Å². The lowest BCUT2D eigenvalue weighted by Crippen LogP contribution is -2.31. The number of hydrogen-bond acceptors (Lipinski definition) is 2. The zero-order valence-corrected chi connectivity index (χ0v) is 12.0. The van der Waals surface area contributed by atoms with Gasteiger partial charge in [0.2, 0.25) is 0 Å². The first-order valence-electron chi connectivity index (χ1n) is 5.76. The van der Waals surface area contributed by atoms with E-state index in [1.54, 1.807) is 12.1 Å². The van der Waals surface area contributed by atoms with E-state index in [1.807, 2.05) is 18.0 Å². The molecule has 0 saturated heterocycles. The van der Waals surface area contributed by atoms with Crippen molar-refractivity contribution in [2.45, 2.75) is 32.7 Å². The summed E-state index contributed by atoms with van der Waals surface area (Å²) in [4.78, 5) is 13.2. The highest BCUT2D eigenvalue weighted by Gasteiger charge is 2.18. The molecule has 0 unspecified atom stereocenters. The maximum atomic E-state index is 11.2. The van der Waals surface area contributed by atoms with Crippen molar-refractivity contribution in [3.8, 4) is 0 Å². The summed E-state index contributed by atoms with van der Waals surface area (Å²) in [6, 6.07) is 5.62. The number of hydrogen-bond donors (Lipinski definition) is 1. The molecule has 0 fully saturated rings. The van der Waals surface area contributed by atoms with Crippen molar-refractivity contribution in [1.29, 1.82) is 0 Å². The Kier molecular flexibility index (Phi) is 5.00. The van der Waals surface area contributed by atoms with Gasteiger partial charge in [0.05, 0.1) is 11.3 Å². The van der Waals surface area contributed by atoms with Gasteiger partial charge in [-0.05, 0) is 31.0 Å². The molecule has 1 N–H and O–H groups in total. The van der Waals surface area contributed by atoms with Crippen LogP contribution in [0.4, 0.5) is 5.69 Å². The van der Waals surface area contributed by atoms with Crippen LogP contribution >= 0.6 is 15.9 Å². The fourth-order valence-corrected chi connectivity index (χ4v) is 2.36. The van der Waals surface area contributed by atoms with Crippen LogP contribution in [0, 0.1) is 0 Å². The Morgan fingerprint density at radius 2 is 2.00 bits per heavy atom. The maximum absolute atomic E-state index is 11.2. The zero-order chi connectivity index (χ0) is 13.0. The first-order valence-corrected chi connectivity index (χ1v) is 6.56. The van der Waals surface area contributed by atoms with E-state index >= 15 is 0 Å². The molecular weight excluding hydrogens is 282 g/mol. The summed E-state index contributed by atoms with van der Waals surface area (Å²) < 4.78 is 0.898. The largest absolute Gasteiger partial charge is 0.478 e. The van der Waals surface area contributed by atoms with Crippen molar-refractivity contribution in [2.24, 2.45) is 0 Å². The highest BCUT2D eigenvalue weighted by Crippen LogP contribution is 2.27. The van der Waals surface area contributed by atoms with Gasteiger partial charge in [0.15, 0.2) is 0 Å². The molecule has 0 aliphatic carbocycles.